The van der Waals surface area contributed by atoms with Gasteiger partial charge in [-0.15, -0.1) is 0 Å². The van der Waals surface area contributed by atoms with Crippen LogP contribution in [0.25, 0.3) is 5.69 Å². The number of benzene rings is 2. The third kappa shape index (κ3) is 4.56. The first-order chi connectivity index (χ1) is 15.1. The summed E-state index contributed by atoms with van der Waals surface area (Å²) in [7, 11) is 0. The summed E-state index contributed by atoms with van der Waals surface area (Å²) in [4.78, 5) is 30.2. The normalized spacial score (nSPS) is 13.8. The summed E-state index contributed by atoms with van der Waals surface area (Å²) >= 11 is 0. The Balaban J connectivity index is 0.00000289. The van der Waals surface area contributed by atoms with E-state index in [2.05, 4.69) is 15.4 Å². The number of anilines is 1. The molecule has 32 heavy (non-hydrogen) atoms. The lowest BCUT2D eigenvalue weighted by molar-refractivity contribution is 0.252. The minimum absolute atomic E-state index is 0. The molecule has 1 aliphatic rings. The Kier molecular flexibility index (Phi) is 6.79. The molecule has 164 valence electrons. The van der Waals surface area contributed by atoms with Crippen LogP contribution in [-0.2, 0) is 0 Å². The lowest BCUT2D eigenvalue weighted by atomic mass is 10.2. The second-order valence-corrected chi connectivity index (χ2v) is 6.68. The number of aromatic nitrogens is 2. The summed E-state index contributed by atoms with van der Waals surface area (Å²) in [6.07, 6.45) is 4.10. The number of nitrogens with one attached hydrogen (secondary N) is 1. The van der Waals surface area contributed by atoms with Crippen molar-refractivity contribution in [3.05, 3.63) is 94.8 Å². The Hall–Kier alpha value is -4.27. The van der Waals surface area contributed by atoms with Crippen LogP contribution in [-0.4, -0.2) is 34.6 Å². The summed E-state index contributed by atoms with van der Waals surface area (Å²) < 4.78 is 16.1. The smallest absolute Gasteiger partial charge is 0.321 e. The Labute approximate surface area is 184 Å². The van der Waals surface area contributed by atoms with Gasteiger partial charge < -0.3 is 11.1 Å². The Morgan fingerprint density at radius 1 is 1.16 bits per heavy atom. The van der Waals surface area contributed by atoms with Gasteiger partial charge in [-0.2, -0.15) is 5.10 Å². The number of nitrogens with two attached hydrogens (primary N) is 1. The number of halogens is 1. The average molecular weight is 434 g/mol. The Bertz CT molecular complexity index is 1240. The third-order valence-electron chi connectivity index (χ3n) is 4.66. The van der Waals surface area contributed by atoms with Gasteiger partial charge in [-0.3, -0.25) is 9.69 Å². The molecule has 0 atom stereocenters. The number of allylic oxidation sites excluding steroid dienone is 1. The molecule has 2 heterocycles. The molecule has 3 aromatic rings. The molecule has 3 N–H and O–H groups in total. The highest BCUT2D eigenvalue weighted by Crippen LogP contribution is 2.22. The molecular weight excluding hydrogens is 411 g/mol. The molecule has 1 aromatic heterocycles. The Morgan fingerprint density at radius 2 is 1.94 bits per heavy atom. The van der Waals surface area contributed by atoms with Crippen molar-refractivity contribution in [1.82, 2.24) is 15.1 Å². The molecule has 0 spiro atoms. The molecular formula is C23H23FN6O2. The summed E-state index contributed by atoms with van der Waals surface area (Å²) in [5, 5.41) is 6.97. The minimum atomic E-state index is -0.588. The number of hydrogen-bond acceptors (Lipinski definition) is 5. The zero-order chi connectivity index (χ0) is 21.8. The highest BCUT2D eigenvalue weighted by molar-refractivity contribution is 6.08. The van der Waals surface area contributed by atoms with Crippen molar-refractivity contribution in [2.24, 2.45) is 10.7 Å². The van der Waals surface area contributed by atoms with Gasteiger partial charge in [0.25, 0.3) is 0 Å². The van der Waals surface area contributed by atoms with E-state index in [1.54, 1.807) is 18.2 Å². The lowest BCUT2D eigenvalue weighted by Gasteiger charge is -2.16. The van der Waals surface area contributed by atoms with E-state index in [1.807, 2.05) is 18.2 Å². The molecule has 0 aliphatic carbocycles. The standard InChI is InChI=1S/C22H19FN6O2.CH4/c23-17-14-16(28-13-11-25-22(28)31)6-7-19(17)29-12-9-20(30)21(27-29)18(8-10-24)26-15-4-2-1-3-5-15;/h1-10,12,14H,11,13,24H2,(H,25,31);1H4. The number of rotatable bonds is 5. The highest BCUT2D eigenvalue weighted by Gasteiger charge is 2.22. The van der Waals surface area contributed by atoms with Gasteiger partial charge in [0.15, 0.2) is 11.5 Å². The zero-order valence-corrected chi connectivity index (χ0v) is 16.4. The maximum atomic E-state index is 14.9. The van der Waals surface area contributed by atoms with Crippen LogP contribution in [0.2, 0.25) is 0 Å². The van der Waals surface area contributed by atoms with Crippen LogP contribution in [0.5, 0.6) is 0 Å². The second-order valence-electron chi connectivity index (χ2n) is 6.68. The fourth-order valence-electron chi connectivity index (χ4n) is 3.19. The van der Waals surface area contributed by atoms with Crippen molar-refractivity contribution >= 4 is 23.1 Å². The fourth-order valence-corrected chi connectivity index (χ4v) is 3.19. The van der Waals surface area contributed by atoms with Gasteiger partial charge in [-0.25, -0.2) is 18.9 Å². The topological polar surface area (TPSA) is 106 Å². The van der Waals surface area contributed by atoms with Gasteiger partial charge in [-0.1, -0.05) is 25.6 Å². The van der Waals surface area contributed by atoms with Gasteiger partial charge in [0.1, 0.15) is 5.69 Å². The van der Waals surface area contributed by atoms with Gasteiger partial charge in [0.05, 0.1) is 11.4 Å². The molecule has 9 heteroatoms. The molecule has 1 saturated heterocycles. The number of hydrogen-bond donors (Lipinski definition) is 2. The first-order valence-electron chi connectivity index (χ1n) is 9.54. The van der Waals surface area contributed by atoms with Crippen molar-refractivity contribution < 1.29 is 9.18 Å². The minimum Gasteiger partial charge on any atom is -0.405 e. The summed E-state index contributed by atoms with van der Waals surface area (Å²) in [6, 6.07) is 14.4. The van der Waals surface area contributed by atoms with Gasteiger partial charge in [0, 0.05) is 31.0 Å². The number of para-hydroxylation sites is 1. The third-order valence-corrected chi connectivity index (χ3v) is 4.66. The largest absolute Gasteiger partial charge is 0.405 e. The van der Waals surface area contributed by atoms with E-state index in [9.17, 15) is 14.0 Å². The van der Waals surface area contributed by atoms with E-state index in [-0.39, 0.29) is 36.0 Å². The predicted molar refractivity (Wildman–Crippen MR) is 123 cm³/mol. The van der Waals surface area contributed by atoms with Crippen LogP contribution >= 0.6 is 0 Å². The van der Waals surface area contributed by atoms with Crippen LogP contribution in [0.3, 0.4) is 0 Å². The highest BCUT2D eigenvalue weighted by atomic mass is 19.1. The summed E-state index contributed by atoms with van der Waals surface area (Å²) in [5.74, 6) is -0.588. The number of amides is 2. The van der Waals surface area contributed by atoms with Crippen molar-refractivity contribution in [1.29, 1.82) is 0 Å². The van der Waals surface area contributed by atoms with Gasteiger partial charge in [0.2, 0.25) is 5.43 Å². The molecule has 0 bridgehead atoms. The van der Waals surface area contributed by atoms with E-state index in [0.717, 1.165) is 0 Å². The Morgan fingerprint density at radius 3 is 2.59 bits per heavy atom. The fraction of sp³-hybridized carbons (Fsp3) is 0.130. The maximum Gasteiger partial charge on any atom is 0.321 e. The van der Waals surface area contributed by atoms with E-state index in [4.69, 9.17) is 5.73 Å². The van der Waals surface area contributed by atoms with E-state index >= 15 is 0 Å². The summed E-state index contributed by atoms with van der Waals surface area (Å²) in [6.45, 7) is 0.966. The quantitative estimate of drug-likeness (QED) is 0.602. The molecule has 8 nitrogen and oxygen atoms in total. The van der Waals surface area contributed by atoms with Crippen LogP contribution < -0.4 is 21.4 Å². The molecule has 0 radical (unpaired) electrons. The SMILES string of the molecule is C.NC=CC(=Nc1ccccc1)c1nn(-c2ccc(N3CCNC3=O)cc2F)ccc1=O. The van der Waals surface area contributed by atoms with Crippen LogP contribution in [0.15, 0.2) is 82.9 Å². The van der Waals surface area contributed by atoms with E-state index in [0.29, 0.717) is 24.5 Å². The predicted octanol–water partition coefficient (Wildman–Crippen LogP) is 3.13. The zero-order valence-electron chi connectivity index (χ0n) is 16.4. The summed E-state index contributed by atoms with van der Waals surface area (Å²) in [5.41, 5.74) is 6.61. The number of nitrogens with zero attached hydrogens (tertiary/aromatic N) is 4. The van der Waals surface area contributed by atoms with Crippen LogP contribution in [0, 0.1) is 5.82 Å². The molecule has 0 unspecified atom stereocenters. The average Bonchev–Trinajstić information content (AvgIpc) is 3.20. The second kappa shape index (κ2) is 9.69. The first kappa shape index (κ1) is 22.4. The molecule has 1 aliphatic heterocycles. The van der Waals surface area contributed by atoms with E-state index < -0.39 is 5.82 Å². The maximum absolute atomic E-state index is 14.9. The number of urea groups is 1. The van der Waals surface area contributed by atoms with Crippen molar-refractivity contribution in [2.75, 3.05) is 18.0 Å². The first-order valence-corrected chi connectivity index (χ1v) is 9.54. The van der Waals surface area contributed by atoms with Crippen LogP contribution in [0.1, 0.15) is 13.1 Å². The van der Waals surface area contributed by atoms with E-state index in [1.165, 1.54) is 46.3 Å². The van der Waals surface area contributed by atoms with Crippen molar-refractivity contribution in [2.45, 2.75) is 7.43 Å². The van der Waals surface area contributed by atoms with Crippen LogP contribution in [0.4, 0.5) is 20.6 Å². The molecule has 1 fully saturated rings. The number of carbonyl (C=O) groups is 1. The number of carbonyl (C=O) groups excluding carboxylic acids is 1. The van der Waals surface area contributed by atoms with Crippen molar-refractivity contribution in [3.63, 3.8) is 0 Å². The van der Waals surface area contributed by atoms with Gasteiger partial charge >= 0.3 is 6.03 Å². The molecule has 4 rings (SSSR count). The molecule has 2 aromatic carbocycles. The monoisotopic (exact) mass is 434 g/mol. The lowest BCUT2D eigenvalue weighted by Crippen LogP contribution is -2.27. The molecule has 2 amide bonds. The van der Waals surface area contributed by atoms with Crippen molar-refractivity contribution in [3.8, 4) is 5.69 Å². The number of aliphatic imine (C=N–C) groups is 1. The van der Waals surface area contributed by atoms with Gasteiger partial charge in [-0.05, 0) is 42.6 Å². The molecule has 0 saturated carbocycles.